The Kier molecular flexibility index (Phi) is 6.25. The largest absolute Gasteiger partial charge is 0.508 e. The van der Waals surface area contributed by atoms with Crippen LogP contribution in [-0.4, -0.2) is 33.6 Å². The summed E-state index contributed by atoms with van der Waals surface area (Å²) in [5, 5.41) is 19.8. The molecule has 0 aliphatic heterocycles. The molecule has 2 rings (SSSR count). The van der Waals surface area contributed by atoms with Crippen LogP contribution in [0.5, 0.6) is 5.75 Å². The molecule has 22 heavy (non-hydrogen) atoms. The van der Waals surface area contributed by atoms with Crippen LogP contribution >= 0.6 is 11.6 Å². The highest BCUT2D eigenvalue weighted by Crippen LogP contribution is 2.19. The van der Waals surface area contributed by atoms with E-state index in [4.69, 9.17) is 11.6 Å². The minimum absolute atomic E-state index is 0.200. The van der Waals surface area contributed by atoms with Crippen molar-refractivity contribution in [3.63, 3.8) is 0 Å². The summed E-state index contributed by atoms with van der Waals surface area (Å²) >= 11 is 5.73. The lowest BCUT2D eigenvalue weighted by molar-refractivity contribution is 0.120. The number of para-hydroxylation sites is 1. The maximum Gasteiger partial charge on any atom is 0.120 e. The van der Waals surface area contributed by atoms with Gasteiger partial charge >= 0.3 is 0 Å². The van der Waals surface area contributed by atoms with Gasteiger partial charge < -0.3 is 10.2 Å². The minimum Gasteiger partial charge on any atom is -0.508 e. The van der Waals surface area contributed by atoms with Gasteiger partial charge in [-0.3, -0.25) is 4.90 Å². The fraction of sp³-hybridized carbons (Fsp3) is 0.333. The number of nitrogens with zero attached hydrogens (tertiary/aromatic N) is 1. The number of alkyl halides is 1. The molecule has 0 heterocycles. The van der Waals surface area contributed by atoms with Gasteiger partial charge in [0.05, 0.1) is 6.10 Å². The first kappa shape index (κ1) is 16.8. The topological polar surface area (TPSA) is 43.7 Å². The fourth-order valence-corrected chi connectivity index (χ4v) is 2.47. The molecule has 118 valence electrons. The second-order valence-electron chi connectivity index (χ2n) is 5.59. The molecule has 4 heteroatoms. The lowest BCUT2D eigenvalue weighted by Crippen LogP contribution is -2.32. The Hall–Kier alpha value is -1.55. The van der Waals surface area contributed by atoms with Gasteiger partial charge in [-0.25, -0.2) is 0 Å². The van der Waals surface area contributed by atoms with Gasteiger partial charge in [0.1, 0.15) is 5.75 Å². The molecule has 0 aromatic heterocycles. The van der Waals surface area contributed by atoms with Crippen molar-refractivity contribution in [1.29, 1.82) is 0 Å². The van der Waals surface area contributed by atoms with Crippen molar-refractivity contribution in [1.82, 2.24) is 4.90 Å². The molecular weight excluding hydrogens is 298 g/mol. The average Bonchev–Trinajstić information content (AvgIpc) is 2.51. The van der Waals surface area contributed by atoms with Crippen LogP contribution in [0, 0.1) is 6.92 Å². The summed E-state index contributed by atoms with van der Waals surface area (Å²) in [7, 11) is 0. The number of rotatable bonds is 7. The zero-order valence-electron chi connectivity index (χ0n) is 12.7. The lowest BCUT2D eigenvalue weighted by Gasteiger charge is -2.25. The Morgan fingerprint density at radius 3 is 2.36 bits per heavy atom. The highest BCUT2D eigenvalue weighted by Gasteiger charge is 2.14. The third kappa shape index (κ3) is 5.02. The molecule has 0 bridgehead atoms. The summed E-state index contributed by atoms with van der Waals surface area (Å²) in [5.74, 6) is 0.474. The standard InChI is InChI=1S/C18H22ClNO2/c1-14-6-8-15(9-7-14)11-20(13-17(21)10-19)12-16-4-2-3-5-18(16)22/h2-9,17,21-22H,10-13H2,1H3. The van der Waals surface area contributed by atoms with Crippen LogP contribution in [-0.2, 0) is 13.1 Å². The van der Waals surface area contributed by atoms with Gasteiger partial charge in [0, 0.05) is 31.1 Å². The summed E-state index contributed by atoms with van der Waals surface area (Å²) in [6.07, 6.45) is -0.585. The van der Waals surface area contributed by atoms with E-state index in [1.54, 1.807) is 12.1 Å². The second kappa shape index (κ2) is 8.18. The Morgan fingerprint density at radius 1 is 1.05 bits per heavy atom. The van der Waals surface area contributed by atoms with Crippen LogP contribution in [0.1, 0.15) is 16.7 Å². The van der Waals surface area contributed by atoms with Crippen LogP contribution in [0.25, 0.3) is 0 Å². The molecule has 0 radical (unpaired) electrons. The first-order valence-corrected chi connectivity index (χ1v) is 7.90. The molecule has 0 saturated heterocycles. The number of aromatic hydroxyl groups is 1. The third-order valence-electron chi connectivity index (χ3n) is 3.56. The van der Waals surface area contributed by atoms with Crippen molar-refractivity contribution < 1.29 is 10.2 Å². The van der Waals surface area contributed by atoms with Crippen LogP contribution in [0.15, 0.2) is 48.5 Å². The summed E-state index contributed by atoms with van der Waals surface area (Å²) in [6, 6.07) is 15.6. The lowest BCUT2D eigenvalue weighted by atomic mass is 10.1. The quantitative estimate of drug-likeness (QED) is 0.770. The minimum atomic E-state index is -0.585. The van der Waals surface area contributed by atoms with Gasteiger partial charge in [0.2, 0.25) is 0 Å². The Bertz CT molecular complexity index is 586. The molecule has 3 nitrogen and oxygen atoms in total. The third-order valence-corrected chi connectivity index (χ3v) is 3.92. The zero-order valence-corrected chi connectivity index (χ0v) is 13.5. The molecule has 2 aromatic rings. The van der Waals surface area contributed by atoms with Crippen molar-refractivity contribution >= 4 is 11.6 Å². The number of hydrogen-bond donors (Lipinski definition) is 2. The van der Waals surface area contributed by atoms with E-state index < -0.39 is 6.10 Å². The van der Waals surface area contributed by atoms with E-state index in [1.807, 2.05) is 12.1 Å². The van der Waals surface area contributed by atoms with Gasteiger partial charge in [0.25, 0.3) is 0 Å². The van der Waals surface area contributed by atoms with Crippen molar-refractivity contribution in [3.05, 3.63) is 65.2 Å². The van der Waals surface area contributed by atoms with Crippen molar-refractivity contribution in [2.45, 2.75) is 26.1 Å². The number of phenols is 1. The average molecular weight is 320 g/mol. The summed E-state index contributed by atoms with van der Waals surface area (Å²) < 4.78 is 0. The molecule has 2 N–H and O–H groups in total. The molecule has 0 amide bonds. The molecule has 1 atom stereocenters. The van der Waals surface area contributed by atoms with Gasteiger partial charge in [-0.1, -0.05) is 48.0 Å². The van der Waals surface area contributed by atoms with E-state index in [0.717, 1.165) is 5.56 Å². The number of benzene rings is 2. The summed E-state index contributed by atoms with van der Waals surface area (Å²) in [5.41, 5.74) is 3.23. The maximum atomic E-state index is 9.94. The van der Waals surface area contributed by atoms with Gasteiger partial charge in [-0.2, -0.15) is 0 Å². The first-order valence-electron chi connectivity index (χ1n) is 7.37. The highest BCUT2D eigenvalue weighted by atomic mass is 35.5. The maximum absolute atomic E-state index is 9.94. The molecule has 0 saturated carbocycles. The summed E-state index contributed by atoms with van der Waals surface area (Å²) in [6.45, 7) is 3.78. The van der Waals surface area contributed by atoms with Crippen molar-refractivity contribution in [2.75, 3.05) is 12.4 Å². The molecule has 0 fully saturated rings. The molecule has 2 aromatic carbocycles. The Labute approximate surface area is 136 Å². The number of aryl methyl sites for hydroxylation is 1. The van der Waals surface area contributed by atoms with Gasteiger partial charge in [-0.05, 0) is 18.6 Å². The van der Waals surface area contributed by atoms with Crippen LogP contribution in [0.4, 0.5) is 0 Å². The number of halogens is 1. The fourth-order valence-electron chi connectivity index (χ4n) is 2.37. The van der Waals surface area contributed by atoms with Crippen molar-refractivity contribution in [3.8, 4) is 5.75 Å². The molecule has 0 spiro atoms. The Morgan fingerprint density at radius 2 is 1.73 bits per heavy atom. The predicted octanol–water partition coefficient (Wildman–Crippen LogP) is 3.30. The molecule has 1 unspecified atom stereocenters. The van der Waals surface area contributed by atoms with Crippen molar-refractivity contribution in [2.24, 2.45) is 0 Å². The summed E-state index contributed by atoms with van der Waals surface area (Å²) in [4.78, 5) is 2.09. The Balaban J connectivity index is 2.11. The van der Waals surface area contributed by atoms with E-state index in [1.165, 1.54) is 11.1 Å². The van der Waals surface area contributed by atoms with Gasteiger partial charge in [0.15, 0.2) is 0 Å². The SMILES string of the molecule is Cc1ccc(CN(Cc2ccccc2O)CC(O)CCl)cc1. The first-order chi connectivity index (χ1) is 10.6. The monoisotopic (exact) mass is 319 g/mol. The van der Waals surface area contributed by atoms with Crippen LogP contribution < -0.4 is 0 Å². The number of aliphatic hydroxyl groups is 1. The van der Waals surface area contributed by atoms with E-state index in [0.29, 0.717) is 19.6 Å². The smallest absolute Gasteiger partial charge is 0.120 e. The second-order valence-corrected chi connectivity index (χ2v) is 5.90. The van der Waals surface area contributed by atoms with Crippen LogP contribution in [0.2, 0.25) is 0 Å². The number of phenolic OH excluding ortho intramolecular Hbond substituents is 1. The molecular formula is C18H22ClNO2. The van der Waals surface area contributed by atoms with E-state index in [2.05, 4.69) is 36.1 Å². The van der Waals surface area contributed by atoms with E-state index in [-0.39, 0.29) is 11.6 Å². The molecule has 0 aliphatic carbocycles. The van der Waals surface area contributed by atoms with E-state index in [9.17, 15) is 10.2 Å². The van der Waals surface area contributed by atoms with E-state index >= 15 is 0 Å². The van der Waals surface area contributed by atoms with Crippen LogP contribution in [0.3, 0.4) is 0 Å². The zero-order chi connectivity index (χ0) is 15.9. The highest BCUT2D eigenvalue weighted by molar-refractivity contribution is 6.18. The molecule has 0 aliphatic rings. The number of aliphatic hydroxyl groups excluding tert-OH is 1. The predicted molar refractivity (Wildman–Crippen MR) is 90.1 cm³/mol. The normalized spacial score (nSPS) is 12.5. The van der Waals surface area contributed by atoms with Gasteiger partial charge in [-0.15, -0.1) is 11.6 Å². The number of hydrogen-bond acceptors (Lipinski definition) is 3.